The van der Waals surface area contributed by atoms with Crippen molar-refractivity contribution in [3.05, 3.63) is 17.8 Å². The summed E-state index contributed by atoms with van der Waals surface area (Å²) in [6.07, 6.45) is 4.22. The molecule has 20 heavy (non-hydrogen) atoms. The van der Waals surface area contributed by atoms with Crippen LogP contribution in [0.15, 0.2) is 12.3 Å². The number of hydrogen-bond acceptors (Lipinski definition) is 6. The number of hydrogen-bond donors (Lipinski definition) is 2. The summed E-state index contributed by atoms with van der Waals surface area (Å²) >= 11 is 0. The first-order chi connectivity index (χ1) is 9.76. The van der Waals surface area contributed by atoms with Crippen LogP contribution in [-0.2, 0) is 4.74 Å². The van der Waals surface area contributed by atoms with Crippen molar-refractivity contribution < 1.29 is 4.74 Å². The normalized spacial score (nSPS) is 25.9. The van der Waals surface area contributed by atoms with Gasteiger partial charge < -0.3 is 15.8 Å². The lowest BCUT2D eigenvalue weighted by molar-refractivity contribution is -0.0416. The molecule has 0 spiro atoms. The van der Waals surface area contributed by atoms with Gasteiger partial charge in [-0.3, -0.25) is 4.90 Å². The number of nitrogens with one attached hydrogen (secondary N) is 1. The van der Waals surface area contributed by atoms with E-state index in [0.717, 1.165) is 13.2 Å². The molecule has 0 saturated carbocycles. The van der Waals surface area contributed by atoms with Gasteiger partial charge in [-0.2, -0.15) is 5.26 Å². The highest BCUT2D eigenvalue weighted by molar-refractivity contribution is 5.57. The van der Waals surface area contributed by atoms with Crippen LogP contribution in [0.3, 0.4) is 0 Å². The van der Waals surface area contributed by atoms with Crippen molar-refractivity contribution in [3.63, 3.8) is 0 Å². The van der Waals surface area contributed by atoms with Gasteiger partial charge in [-0.05, 0) is 25.5 Å². The number of ether oxygens (including phenoxy) is 1. The summed E-state index contributed by atoms with van der Waals surface area (Å²) < 4.78 is 5.87. The summed E-state index contributed by atoms with van der Waals surface area (Å²) in [5.41, 5.74) is 6.60. The summed E-state index contributed by atoms with van der Waals surface area (Å²) in [6, 6.07) is 4.34. The second-order valence-electron chi connectivity index (χ2n) is 5.40. The van der Waals surface area contributed by atoms with E-state index in [1.807, 2.05) is 0 Å². The Bertz CT molecular complexity index is 527. The van der Waals surface area contributed by atoms with Crippen LogP contribution in [0.5, 0.6) is 0 Å². The number of fused-ring (bicyclic) bond motifs is 1. The molecule has 6 heteroatoms. The molecule has 2 atom stereocenters. The summed E-state index contributed by atoms with van der Waals surface area (Å²) in [4.78, 5) is 6.67. The molecule has 2 aliphatic heterocycles. The van der Waals surface area contributed by atoms with Crippen LogP contribution in [0.4, 0.5) is 11.5 Å². The van der Waals surface area contributed by atoms with Crippen LogP contribution in [0, 0.1) is 11.3 Å². The zero-order valence-corrected chi connectivity index (χ0v) is 11.4. The number of nitriles is 1. The third-order valence-electron chi connectivity index (χ3n) is 3.99. The van der Waals surface area contributed by atoms with Crippen molar-refractivity contribution in [2.24, 2.45) is 0 Å². The molecule has 2 fully saturated rings. The molecular formula is C14H19N5O. The van der Waals surface area contributed by atoms with Gasteiger partial charge in [-0.15, -0.1) is 0 Å². The molecule has 0 bridgehead atoms. The van der Waals surface area contributed by atoms with Gasteiger partial charge in [0.05, 0.1) is 30.2 Å². The van der Waals surface area contributed by atoms with Gasteiger partial charge in [-0.25, -0.2) is 4.98 Å². The van der Waals surface area contributed by atoms with E-state index in [0.29, 0.717) is 29.7 Å². The number of nitrogen functional groups attached to an aromatic ring is 1. The predicted octanol–water partition coefficient (Wildman–Crippen LogP) is 0.811. The Kier molecular flexibility index (Phi) is 3.72. The van der Waals surface area contributed by atoms with E-state index in [-0.39, 0.29) is 6.10 Å². The fourth-order valence-corrected chi connectivity index (χ4v) is 2.93. The Morgan fingerprint density at radius 3 is 3.35 bits per heavy atom. The van der Waals surface area contributed by atoms with Crippen molar-refractivity contribution in [2.45, 2.75) is 25.0 Å². The van der Waals surface area contributed by atoms with E-state index >= 15 is 0 Å². The fourth-order valence-electron chi connectivity index (χ4n) is 2.93. The quantitative estimate of drug-likeness (QED) is 0.847. The lowest BCUT2D eigenvalue weighted by atomic mass is 10.2. The van der Waals surface area contributed by atoms with Gasteiger partial charge in [0, 0.05) is 19.1 Å². The lowest BCUT2D eigenvalue weighted by Gasteiger charge is -2.35. The average molecular weight is 273 g/mol. The van der Waals surface area contributed by atoms with Crippen molar-refractivity contribution in [1.82, 2.24) is 9.88 Å². The van der Waals surface area contributed by atoms with Crippen LogP contribution in [0.1, 0.15) is 18.4 Å². The number of morpholine rings is 1. The Hall–Kier alpha value is -1.84. The van der Waals surface area contributed by atoms with E-state index in [4.69, 9.17) is 15.7 Å². The van der Waals surface area contributed by atoms with Gasteiger partial charge in [0.15, 0.2) is 0 Å². The highest BCUT2D eigenvalue weighted by Gasteiger charge is 2.32. The van der Waals surface area contributed by atoms with E-state index in [1.54, 1.807) is 12.3 Å². The average Bonchev–Trinajstić information content (AvgIpc) is 2.93. The zero-order chi connectivity index (χ0) is 13.9. The topological polar surface area (TPSA) is 87.2 Å². The minimum absolute atomic E-state index is 0.148. The Morgan fingerprint density at radius 1 is 1.60 bits per heavy atom. The minimum Gasteiger partial charge on any atom is -0.397 e. The standard InChI is InChI=1S/C14H19N5O/c15-5-10-4-11(16)6-17-14(10)18-7-13-8-19-3-1-2-12(19)9-20-13/h4,6,12-13H,1-3,7-9,16H2,(H,17,18). The largest absolute Gasteiger partial charge is 0.397 e. The third-order valence-corrected chi connectivity index (χ3v) is 3.99. The minimum atomic E-state index is 0.148. The molecule has 0 radical (unpaired) electrons. The molecule has 106 valence electrons. The smallest absolute Gasteiger partial charge is 0.144 e. The first-order valence-electron chi connectivity index (χ1n) is 7.01. The number of nitrogens with two attached hydrogens (primary N) is 1. The van der Waals surface area contributed by atoms with Crippen molar-refractivity contribution in [3.8, 4) is 6.07 Å². The van der Waals surface area contributed by atoms with E-state index in [1.165, 1.54) is 19.4 Å². The van der Waals surface area contributed by atoms with Gasteiger partial charge in [0.25, 0.3) is 0 Å². The van der Waals surface area contributed by atoms with Gasteiger partial charge in [0.1, 0.15) is 11.9 Å². The molecular weight excluding hydrogens is 254 g/mol. The summed E-state index contributed by atoms with van der Waals surface area (Å²) in [5.74, 6) is 0.578. The molecule has 2 saturated heterocycles. The number of rotatable bonds is 3. The first-order valence-corrected chi connectivity index (χ1v) is 7.01. The zero-order valence-electron chi connectivity index (χ0n) is 11.4. The van der Waals surface area contributed by atoms with Crippen LogP contribution >= 0.6 is 0 Å². The summed E-state index contributed by atoms with van der Waals surface area (Å²) in [6.45, 7) is 3.60. The number of pyridine rings is 1. The van der Waals surface area contributed by atoms with Crippen LogP contribution in [0.25, 0.3) is 0 Å². The molecule has 0 amide bonds. The highest BCUT2D eigenvalue weighted by Crippen LogP contribution is 2.23. The molecule has 3 rings (SSSR count). The highest BCUT2D eigenvalue weighted by atomic mass is 16.5. The van der Waals surface area contributed by atoms with Gasteiger partial charge in [0.2, 0.25) is 0 Å². The maximum atomic E-state index is 9.08. The summed E-state index contributed by atoms with van der Waals surface area (Å²) in [5, 5.41) is 12.3. The number of nitrogens with zero attached hydrogens (tertiary/aromatic N) is 3. The number of anilines is 2. The summed E-state index contributed by atoms with van der Waals surface area (Å²) in [7, 11) is 0. The SMILES string of the molecule is N#Cc1cc(N)cnc1NCC1CN2CCCC2CO1. The molecule has 6 nitrogen and oxygen atoms in total. The molecule has 2 unspecified atom stereocenters. The van der Waals surface area contributed by atoms with E-state index in [9.17, 15) is 0 Å². The molecule has 3 N–H and O–H groups in total. The maximum absolute atomic E-state index is 9.08. The van der Waals surface area contributed by atoms with Crippen molar-refractivity contribution >= 4 is 11.5 Å². The van der Waals surface area contributed by atoms with Crippen molar-refractivity contribution in [1.29, 1.82) is 5.26 Å². The molecule has 2 aliphatic rings. The lowest BCUT2D eigenvalue weighted by Crippen LogP contribution is -2.48. The first kappa shape index (κ1) is 13.2. The molecule has 1 aromatic heterocycles. The monoisotopic (exact) mass is 273 g/mol. The third kappa shape index (κ3) is 2.69. The van der Waals surface area contributed by atoms with E-state index < -0.39 is 0 Å². The molecule has 3 heterocycles. The van der Waals surface area contributed by atoms with Crippen LogP contribution in [-0.4, -0.2) is 48.3 Å². The van der Waals surface area contributed by atoms with Gasteiger partial charge in [-0.1, -0.05) is 0 Å². The maximum Gasteiger partial charge on any atom is 0.144 e. The second kappa shape index (κ2) is 5.65. The predicted molar refractivity (Wildman–Crippen MR) is 76.2 cm³/mol. The van der Waals surface area contributed by atoms with Gasteiger partial charge >= 0.3 is 0 Å². The molecule has 0 aromatic carbocycles. The Morgan fingerprint density at radius 2 is 2.50 bits per heavy atom. The Balaban J connectivity index is 1.58. The van der Waals surface area contributed by atoms with Crippen molar-refractivity contribution in [2.75, 3.05) is 37.3 Å². The van der Waals surface area contributed by atoms with Crippen LogP contribution < -0.4 is 11.1 Å². The second-order valence-corrected chi connectivity index (χ2v) is 5.40. The number of aromatic nitrogens is 1. The van der Waals surface area contributed by atoms with E-state index in [2.05, 4.69) is 21.3 Å². The Labute approximate surface area is 118 Å². The molecule has 0 aliphatic carbocycles. The molecule has 1 aromatic rings. The fraction of sp³-hybridized carbons (Fsp3) is 0.571. The van der Waals surface area contributed by atoms with Crippen LogP contribution in [0.2, 0.25) is 0 Å².